The molecule has 1 aliphatic heterocycles. The Balaban J connectivity index is 1.65. The molecule has 23 heavy (non-hydrogen) atoms. The van der Waals surface area contributed by atoms with E-state index in [4.69, 9.17) is 11.6 Å². The van der Waals surface area contributed by atoms with Crippen molar-refractivity contribution < 1.29 is 0 Å². The minimum absolute atomic E-state index is 0.503. The van der Waals surface area contributed by atoms with Gasteiger partial charge < -0.3 is 10.6 Å². The minimum atomic E-state index is 0.503. The van der Waals surface area contributed by atoms with Crippen molar-refractivity contribution in [2.75, 3.05) is 30.3 Å². The lowest BCUT2D eigenvalue weighted by molar-refractivity contribution is 0.277. The Bertz CT molecular complexity index is 657. The fourth-order valence-electron chi connectivity index (χ4n) is 2.92. The normalized spacial score (nSPS) is 18.3. The van der Waals surface area contributed by atoms with Gasteiger partial charge in [0.15, 0.2) is 5.82 Å². The highest BCUT2D eigenvalue weighted by molar-refractivity contribution is 6.32. The van der Waals surface area contributed by atoms with Crippen molar-refractivity contribution in [2.45, 2.75) is 25.8 Å². The predicted molar refractivity (Wildman–Crippen MR) is 92.3 cm³/mol. The molecule has 1 aliphatic rings. The quantitative estimate of drug-likeness (QED) is 0.845. The molecule has 0 amide bonds. The summed E-state index contributed by atoms with van der Waals surface area (Å²) >= 11 is 6.21. The summed E-state index contributed by atoms with van der Waals surface area (Å²) in [5.74, 6) is 1.17. The number of hydrogen-bond donors (Lipinski definition) is 2. The smallest absolute Gasteiger partial charge is 0.229 e. The van der Waals surface area contributed by atoms with Gasteiger partial charge in [-0.3, -0.25) is 9.58 Å². The largest absolute Gasteiger partial charge is 0.367 e. The maximum atomic E-state index is 6.21. The molecule has 0 spiro atoms. The monoisotopic (exact) mass is 335 g/mol. The van der Waals surface area contributed by atoms with Crippen LogP contribution in [-0.4, -0.2) is 50.3 Å². The third kappa shape index (κ3) is 3.92. The van der Waals surface area contributed by atoms with Crippen molar-refractivity contribution in [2.24, 2.45) is 7.05 Å². The molecule has 0 saturated carbocycles. The Morgan fingerprint density at radius 1 is 1.39 bits per heavy atom. The number of nitrogens with one attached hydrogen (secondary N) is 2. The van der Waals surface area contributed by atoms with Crippen molar-refractivity contribution in [1.29, 1.82) is 0 Å². The van der Waals surface area contributed by atoms with Gasteiger partial charge in [0, 0.05) is 25.8 Å². The van der Waals surface area contributed by atoms with Crippen LogP contribution in [0.25, 0.3) is 0 Å². The van der Waals surface area contributed by atoms with Gasteiger partial charge in [0.05, 0.1) is 18.1 Å². The maximum absolute atomic E-state index is 6.21. The number of likely N-dealkylation sites (N-methyl/N-ethyl adjacent to an activating group) is 1. The van der Waals surface area contributed by atoms with Crippen LogP contribution < -0.4 is 10.6 Å². The first-order valence-electron chi connectivity index (χ1n) is 7.92. The van der Waals surface area contributed by atoms with E-state index in [1.165, 1.54) is 19.4 Å². The number of hydrogen-bond acceptors (Lipinski definition) is 6. The Labute approximate surface area is 141 Å². The first-order valence-corrected chi connectivity index (χ1v) is 8.29. The highest BCUT2D eigenvalue weighted by Gasteiger charge is 2.22. The second-order valence-electron chi connectivity index (χ2n) is 5.72. The summed E-state index contributed by atoms with van der Waals surface area (Å²) in [5.41, 5.74) is 0.841. The first kappa shape index (κ1) is 16.0. The van der Waals surface area contributed by atoms with Crippen molar-refractivity contribution in [3.63, 3.8) is 0 Å². The summed E-state index contributed by atoms with van der Waals surface area (Å²) in [5, 5.41) is 11.1. The fraction of sp³-hybridized carbons (Fsp3) is 0.533. The standard InChI is InChI=1S/C15H22ClN7/c1-3-23-6-4-5-12(23)8-17-14-13(16)9-18-15(21-14)20-11-7-19-22(2)10-11/h7,9-10,12H,3-6,8H2,1-2H3,(H2,17,18,20,21)/t12-/m0/s1. The number of aryl methyl sites for hydroxylation is 1. The summed E-state index contributed by atoms with van der Waals surface area (Å²) in [6.45, 7) is 5.30. The average molecular weight is 336 g/mol. The fourth-order valence-corrected chi connectivity index (χ4v) is 3.08. The van der Waals surface area contributed by atoms with Crippen LogP contribution in [0.5, 0.6) is 0 Å². The molecule has 7 nitrogen and oxygen atoms in total. The van der Waals surface area contributed by atoms with E-state index in [1.807, 2.05) is 13.2 Å². The van der Waals surface area contributed by atoms with Crippen LogP contribution in [0.15, 0.2) is 18.6 Å². The van der Waals surface area contributed by atoms with Gasteiger partial charge >= 0.3 is 0 Å². The van der Waals surface area contributed by atoms with E-state index in [1.54, 1.807) is 17.1 Å². The number of anilines is 3. The van der Waals surface area contributed by atoms with Crippen LogP contribution in [0.3, 0.4) is 0 Å². The van der Waals surface area contributed by atoms with Crippen molar-refractivity contribution in [1.82, 2.24) is 24.6 Å². The number of aromatic nitrogens is 4. The number of rotatable bonds is 6. The molecule has 3 rings (SSSR count). The zero-order chi connectivity index (χ0) is 16.2. The SMILES string of the molecule is CCN1CCC[C@H]1CNc1nc(Nc2cnn(C)c2)ncc1Cl. The second-order valence-corrected chi connectivity index (χ2v) is 6.13. The van der Waals surface area contributed by atoms with E-state index in [9.17, 15) is 0 Å². The van der Waals surface area contributed by atoms with E-state index in [2.05, 4.69) is 37.5 Å². The summed E-state index contributed by atoms with van der Waals surface area (Å²) in [6.07, 6.45) is 7.67. The van der Waals surface area contributed by atoms with E-state index in [-0.39, 0.29) is 0 Å². The molecule has 2 N–H and O–H groups in total. The summed E-state index contributed by atoms with van der Waals surface area (Å²) < 4.78 is 1.72. The Kier molecular flexibility index (Phi) is 4.97. The summed E-state index contributed by atoms with van der Waals surface area (Å²) in [4.78, 5) is 11.2. The van der Waals surface area contributed by atoms with Crippen molar-refractivity contribution in [3.05, 3.63) is 23.6 Å². The van der Waals surface area contributed by atoms with Crippen LogP contribution in [0, 0.1) is 0 Å². The molecule has 0 aliphatic carbocycles. The van der Waals surface area contributed by atoms with Gasteiger partial charge in [0.1, 0.15) is 5.02 Å². The maximum Gasteiger partial charge on any atom is 0.229 e. The van der Waals surface area contributed by atoms with Crippen LogP contribution in [0.2, 0.25) is 5.02 Å². The molecule has 1 saturated heterocycles. The van der Waals surface area contributed by atoms with Gasteiger partial charge in [-0.15, -0.1) is 0 Å². The molecule has 0 unspecified atom stereocenters. The molecule has 2 aromatic rings. The van der Waals surface area contributed by atoms with Crippen LogP contribution in [0.4, 0.5) is 17.5 Å². The lowest BCUT2D eigenvalue weighted by Crippen LogP contribution is -2.34. The Hall–Kier alpha value is -1.86. The van der Waals surface area contributed by atoms with Gasteiger partial charge in [-0.2, -0.15) is 10.1 Å². The van der Waals surface area contributed by atoms with Crippen molar-refractivity contribution >= 4 is 29.1 Å². The average Bonchev–Trinajstić information content (AvgIpc) is 3.16. The van der Waals surface area contributed by atoms with Gasteiger partial charge in [0.2, 0.25) is 5.95 Å². The third-order valence-corrected chi connectivity index (χ3v) is 4.39. The third-order valence-electron chi connectivity index (χ3n) is 4.12. The van der Waals surface area contributed by atoms with Crippen LogP contribution in [0.1, 0.15) is 19.8 Å². The van der Waals surface area contributed by atoms with Crippen LogP contribution >= 0.6 is 11.6 Å². The van der Waals surface area contributed by atoms with Gasteiger partial charge in [-0.1, -0.05) is 18.5 Å². The van der Waals surface area contributed by atoms with E-state index < -0.39 is 0 Å². The predicted octanol–water partition coefficient (Wildman–Crippen LogP) is 2.50. The molecule has 2 aromatic heterocycles. The zero-order valence-corrected chi connectivity index (χ0v) is 14.2. The number of halogens is 1. The molecule has 1 fully saturated rings. The van der Waals surface area contributed by atoms with Gasteiger partial charge in [-0.25, -0.2) is 4.98 Å². The highest BCUT2D eigenvalue weighted by atomic mass is 35.5. The Morgan fingerprint density at radius 2 is 2.26 bits per heavy atom. The molecular formula is C15H22ClN7. The molecule has 124 valence electrons. The van der Waals surface area contributed by atoms with E-state index >= 15 is 0 Å². The van der Waals surface area contributed by atoms with E-state index in [0.29, 0.717) is 22.8 Å². The summed E-state index contributed by atoms with van der Waals surface area (Å²) in [7, 11) is 1.86. The lowest BCUT2D eigenvalue weighted by atomic mass is 10.2. The van der Waals surface area contributed by atoms with Gasteiger partial charge in [-0.05, 0) is 25.9 Å². The Morgan fingerprint density at radius 3 is 3.00 bits per heavy atom. The molecule has 3 heterocycles. The lowest BCUT2D eigenvalue weighted by Gasteiger charge is -2.23. The minimum Gasteiger partial charge on any atom is -0.367 e. The molecule has 1 atom stereocenters. The highest BCUT2D eigenvalue weighted by Crippen LogP contribution is 2.23. The first-order chi connectivity index (χ1) is 11.2. The zero-order valence-electron chi connectivity index (χ0n) is 13.5. The molecule has 8 heteroatoms. The summed E-state index contributed by atoms with van der Waals surface area (Å²) in [6, 6.07) is 0.542. The topological polar surface area (TPSA) is 70.9 Å². The number of likely N-dealkylation sites (tertiary alicyclic amines) is 1. The number of nitrogens with zero attached hydrogens (tertiary/aromatic N) is 5. The molecule has 0 aromatic carbocycles. The van der Waals surface area contributed by atoms with Gasteiger partial charge in [0.25, 0.3) is 0 Å². The van der Waals surface area contributed by atoms with Crippen molar-refractivity contribution in [3.8, 4) is 0 Å². The molecule has 0 bridgehead atoms. The molecule has 0 radical (unpaired) electrons. The second kappa shape index (κ2) is 7.14. The van der Waals surface area contributed by atoms with E-state index in [0.717, 1.165) is 18.8 Å². The molecular weight excluding hydrogens is 314 g/mol. The van der Waals surface area contributed by atoms with Crippen LogP contribution in [-0.2, 0) is 7.05 Å².